The molecule has 15 heteroatoms. The van der Waals surface area contributed by atoms with E-state index in [2.05, 4.69) is 73.0 Å². The molecule has 0 radical (unpaired) electrons. The average molecular weight is 895 g/mol. The maximum absolute atomic E-state index is 13.4. The Bertz CT molecular complexity index is 2610. The summed E-state index contributed by atoms with van der Waals surface area (Å²) in [6, 6.07) is 18.1. The van der Waals surface area contributed by atoms with Gasteiger partial charge in [0.15, 0.2) is 0 Å². The number of aromatic nitrogens is 2. The van der Waals surface area contributed by atoms with Crippen LogP contribution in [-0.4, -0.2) is 106 Å². The fourth-order valence-electron chi connectivity index (χ4n) is 11.5. The molecule has 4 aromatic rings. The third kappa shape index (κ3) is 8.14. The molecule has 2 aromatic heterocycles. The minimum absolute atomic E-state index is 0.0183. The number of hydrogen-bond acceptors (Lipinski definition) is 12. The molecule has 4 fully saturated rings. The number of rotatable bonds is 13. The Labute approximate surface area is 385 Å². The molecule has 1 atom stereocenters. The second kappa shape index (κ2) is 17.4. The van der Waals surface area contributed by atoms with Crippen molar-refractivity contribution in [2.75, 3.05) is 31.1 Å². The van der Waals surface area contributed by atoms with Crippen molar-refractivity contribution in [3.8, 4) is 17.6 Å². The number of carbonyl (C=O) groups excluding carboxylic acids is 5. The van der Waals surface area contributed by atoms with Gasteiger partial charge in [0.2, 0.25) is 11.8 Å². The first-order valence-corrected chi connectivity index (χ1v) is 23.3. The summed E-state index contributed by atoms with van der Waals surface area (Å²) < 4.78 is 13.0. The predicted octanol–water partition coefficient (Wildman–Crippen LogP) is 6.30. The number of pyridine rings is 2. The van der Waals surface area contributed by atoms with E-state index in [4.69, 9.17) is 14.5 Å². The summed E-state index contributed by atoms with van der Waals surface area (Å²) in [5, 5.41) is 15.8. The van der Waals surface area contributed by atoms with Gasteiger partial charge in [-0.15, -0.1) is 0 Å². The van der Waals surface area contributed by atoms with Crippen LogP contribution in [0.15, 0.2) is 67.0 Å². The highest BCUT2D eigenvalue weighted by molar-refractivity contribution is 6.23. The van der Waals surface area contributed by atoms with Crippen LogP contribution in [0.25, 0.3) is 10.9 Å². The summed E-state index contributed by atoms with van der Waals surface area (Å²) in [7, 11) is 0. The summed E-state index contributed by atoms with van der Waals surface area (Å²) in [6.45, 7) is 16.5. The van der Waals surface area contributed by atoms with E-state index in [0.29, 0.717) is 52.7 Å². The summed E-state index contributed by atoms with van der Waals surface area (Å²) in [5.74, 6) is 0.523. The topological polar surface area (TPSA) is 187 Å². The number of hydrogen-bond donors (Lipinski definition) is 2. The van der Waals surface area contributed by atoms with Crippen LogP contribution in [0.2, 0.25) is 0 Å². The molecule has 2 N–H and O–H groups in total. The predicted molar refractivity (Wildman–Crippen MR) is 246 cm³/mol. The Morgan fingerprint density at radius 3 is 2.36 bits per heavy atom. The van der Waals surface area contributed by atoms with Gasteiger partial charge in [0.25, 0.3) is 17.7 Å². The summed E-state index contributed by atoms with van der Waals surface area (Å²) in [4.78, 5) is 79.0. The quantitative estimate of drug-likeness (QED) is 0.143. The maximum Gasteiger partial charge on any atom is 0.262 e. The average Bonchev–Trinajstić information content (AvgIpc) is 3.53. The van der Waals surface area contributed by atoms with Crippen molar-refractivity contribution in [3.63, 3.8) is 0 Å². The lowest BCUT2D eigenvalue weighted by Gasteiger charge is -2.63. The molecule has 0 bridgehead atoms. The zero-order valence-corrected chi connectivity index (χ0v) is 38.5. The van der Waals surface area contributed by atoms with E-state index in [1.807, 2.05) is 30.3 Å². The smallest absolute Gasteiger partial charge is 0.262 e. The fraction of sp³-hybridized carbons (Fsp3) is 0.490. The van der Waals surface area contributed by atoms with Crippen molar-refractivity contribution in [1.29, 1.82) is 5.26 Å². The van der Waals surface area contributed by atoms with Gasteiger partial charge in [-0.25, -0.2) is 4.98 Å². The van der Waals surface area contributed by atoms with Crippen LogP contribution < -0.4 is 25.0 Å². The van der Waals surface area contributed by atoms with Gasteiger partial charge in [-0.3, -0.25) is 44.1 Å². The first kappa shape index (κ1) is 44.8. The normalized spacial score (nSPS) is 24.7. The van der Waals surface area contributed by atoms with Gasteiger partial charge in [0.05, 0.1) is 27.8 Å². The van der Waals surface area contributed by atoms with Crippen LogP contribution in [0.4, 0.5) is 5.82 Å². The molecule has 15 nitrogen and oxygen atoms in total. The molecular formula is C51H58N8O7. The molecule has 66 heavy (non-hydrogen) atoms. The van der Waals surface area contributed by atoms with Gasteiger partial charge in [-0.1, -0.05) is 27.7 Å². The molecule has 1 unspecified atom stereocenters. The summed E-state index contributed by atoms with van der Waals surface area (Å²) in [5.41, 5.74) is 1.65. The molecule has 3 aliphatic heterocycles. The molecule has 5 amide bonds. The third-order valence-corrected chi connectivity index (χ3v) is 15.0. The highest BCUT2D eigenvalue weighted by atomic mass is 16.5. The zero-order valence-electron chi connectivity index (χ0n) is 38.5. The van der Waals surface area contributed by atoms with E-state index >= 15 is 0 Å². The van der Waals surface area contributed by atoms with Crippen molar-refractivity contribution in [1.82, 2.24) is 30.4 Å². The highest BCUT2D eigenvalue weighted by Crippen LogP contribution is 2.60. The Hall–Kier alpha value is -6.40. The lowest BCUT2D eigenvalue weighted by atomic mass is 9.45. The van der Waals surface area contributed by atoms with E-state index < -0.39 is 29.7 Å². The molecule has 5 heterocycles. The van der Waals surface area contributed by atoms with Crippen molar-refractivity contribution in [3.05, 3.63) is 89.2 Å². The number of imide groups is 2. The van der Waals surface area contributed by atoms with E-state index in [0.717, 1.165) is 61.4 Å². The molecule has 2 aliphatic carbocycles. The van der Waals surface area contributed by atoms with Gasteiger partial charge in [-0.05, 0) is 99.5 Å². The minimum atomic E-state index is -1.00. The number of carbonyl (C=O) groups is 5. The number of benzene rings is 2. The van der Waals surface area contributed by atoms with Crippen LogP contribution >= 0.6 is 0 Å². The molecule has 9 rings (SSSR count). The Balaban J connectivity index is 0.727. The Morgan fingerprint density at radius 2 is 1.68 bits per heavy atom. The molecule has 5 aliphatic rings. The van der Waals surface area contributed by atoms with E-state index in [1.54, 1.807) is 36.7 Å². The van der Waals surface area contributed by atoms with Gasteiger partial charge >= 0.3 is 0 Å². The first-order valence-electron chi connectivity index (χ1n) is 23.3. The zero-order chi connectivity index (χ0) is 46.7. The fourth-order valence-corrected chi connectivity index (χ4v) is 11.5. The number of nitrogens with zero attached hydrogens (tertiary/aromatic N) is 6. The standard InChI is InChI=1S/C51H58N8O7/c1-29(2)58(33-22-35(23-33)65-34-11-12-36-38(24-34)48(64)59(47(36)63)39-13-16-43(60)56-46(39)62)28-30-17-20-57(21-18-30)42-15-10-32(26-54-42)45(61)55-27-41-50(3,4)49(51(41,5)6)66-40-14-9-31(25-52)44-37(40)8-7-19-53-44/h7-12,14-15,19,24,26,29-30,33,35,39,41,49H,13,16-18,20-23,27-28H2,1-6H3,(H,55,61)(H,56,60,62). The van der Waals surface area contributed by atoms with Crippen molar-refractivity contribution < 1.29 is 33.4 Å². The maximum atomic E-state index is 13.4. The number of nitrogens with one attached hydrogen (secondary N) is 2. The largest absolute Gasteiger partial charge is 0.490 e. The number of ether oxygens (including phenoxy) is 2. The SMILES string of the molecule is CC(C)N(CC1CCN(c2ccc(C(=O)NCC3C(C)(C)C(Oc4ccc(C#N)c5ncccc45)C3(C)C)cn2)CC1)C1CC(Oc2ccc3c(c2)C(=O)N(C2CCC(=O)NC2=O)C3=O)C1. The third-order valence-electron chi connectivity index (χ3n) is 15.0. The summed E-state index contributed by atoms with van der Waals surface area (Å²) >= 11 is 0. The van der Waals surface area contributed by atoms with E-state index in [9.17, 15) is 29.2 Å². The number of piperidine rings is 2. The molecule has 2 aromatic carbocycles. The molecule has 344 valence electrons. The van der Waals surface area contributed by atoms with E-state index in [1.165, 1.54) is 0 Å². The first-order chi connectivity index (χ1) is 31.5. The van der Waals surface area contributed by atoms with Crippen molar-refractivity contribution in [2.24, 2.45) is 22.7 Å². The lowest BCUT2D eigenvalue weighted by molar-refractivity contribution is -0.194. The monoisotopic (exact) mass is 894 g/mol. The van der Waals surface area contributed by atoms with Crippen LogP contribution in [0.1, 0.15) is 117 Å². The number of amides is 5. The van der Waals surface area contributed by atoms with Crippen LogP contribution in [-0.2, 0) is 9.59 Å². The Morgan fingerprint density at radius 1 is 0.939 bits per heavy atom. The lowest BCUT2D eigenvalue weighted by Crippen LogP contribution is -2.68. The molecular weight excluding hydrogens is 837 g/mol. The van der Waals surface area contributed by atoms with Crippen LogP contribution in [0, 0.1) is 34.0 Å². The number of anilines is 1. The van der Waals surface area contributed by atoms with Gasteiger partial charge < -0.3 is 19.7 Å². The molecule has 0 spiro atoms. The highest BCUT2D eigenvalue weighted by Gasteiger charge is 2.63. The Kier molecular flexibility index (Phi) is 11.8. The van der Waals surface area contributed by atoms with Gasteiger partial charge in [0.1, 0.15) is 41.6 Å². The van der Waals surface area contributed by atoms with E-state index in [-0.39, 0.29) is 58.8 Å². The second-order valence-corrected chi connectivity index (χ2v) is 20.2. The van der Waals surface area contributed by atoms with Crippen molar-refractivity contribution >= 4 is 46.3 Å². The van der Waals surface area contributed by atoms with Crippen molar-refractivity contribution in [2.45, 2.75) is 110 Å². The minimum Gasteiger partial charge on any atom is -0.490 e. The molecule has 2 saturated heterocycles. The number of fused-ring (bicyclic) bond motifs is 2. The van der Waals surface area contributed by atoms with Crippen LogP contribution in [0.3, 0.4) is 0 Å². The van der Waals surface area contributed by atoms with Crippen LogP contribution in [0.5, 0.6) is 11.5 Å². The second-order valence-electron chi connectivity index (χ2n) is 20.2. The number of nitriles is 1. The molecule has 2 saturated carbocycles. The van der Waals surface area contributed by atoms with Gasteiger partial charge in [-0.2, -0.15) is 5.26 Å². The summed E-state index contributed by atoms with van der Waals surface area (Å²) in [6.07, 6.45) is 7.19. The van der Waals surface area contributed by atoms with Gasteiger partial charge in [0, 0.05) is 86.1 Å².